The van der Waals surface area contributed by atoms with E-state index >= 15 is 0 Å². The number of hydrogen-bond acceptors (Lipinski definition) is 5. The molecule has 1 saturated carbocycles. The lowest BCUT2D eigenvalue weighted by molar-refractivity contribution is 0.175. The van der Waals surface area contributed by atoms with Crippen LogP contribution in [0, 0.1) is 0 Å². The van der Waals surface area contributed by atoms with Crippen LogP contribution in [0.2, 0.25) is 0 Å². The Morgan fingerprint density at radius 3 is 2.62 bits per heavy atom. The van der Waals surface area contributed by atoms with E-state index in [9.17, 15) is 0 Å². The van der Waals surface area contributed by atoms with Gasteiger partial charge in [-0.25, -0.2) is 4.98 Å². The van der Waals surface area contributed by atoms with Crippen LogP contribution in [0.15, 0.2) is 0 Å². The second-order valence-electron chi connectivity index (χ2n) is 6.77. The van der Waals surface area contributed by atoms with Crippen molar-refractivity contribution in [1.29, 1.82) is 0 Å². The normalized spacial score (nSPS) is 27.5. The summed E-state index contributed by atoms with van der Waals surface area (Å²) in [6.07, 6.45) is 8.12. The van der Waals surface area contributed by atoms with Gasteiger partial charge in [0.2, 0.25) is 0 Å². The van der Waals surface area contributed by atoms with Crippen LogP contribution >= 0.6 is 11.3 Å². The summed E-state index contributed by atoms with van der Waals surface area (Å²) in [5, 5.41) is 1.23. The van der Waals surface area contributed by atoms with E-state index in [1.165, 1.54) is 80.4 Å². The smallest absolute Gasteiger partial charge is 0.185 e. The number of aromatic nitrogens is 1. The minimum Gasteiger partial charge on any atom is -0.346 e. The van der Waals surface area contributed by atoms with Crippen molar-refractivity contribution in [3.8, 4) is 0 Å². The number of nitrogens with zero attached hydrogens (tertiary/aromatic N) is 3. The topological polar surface area (TPSA) is 45.4 Å². The van der Waals surface area contributed by atoms with Gasteiger partial charge in [0.25, 0.3) is 0 Å². The standard InChI is InChI=1S/C16H26N4S/c17-10-14-15(12-4-5-12)18-16(21-14)20-9-6-13(11-20)19-7-2-1-3-8-19/h12-13H,1-11,17H2. The number of nitrogens with two attached hydrogens (primary N) is 1. The van der Waals surface area contributed by atoms with Gasteiger partial charge in [-0.1, -0.05) is 6.42 Å². The van der Waals surface area contributed by atoms with Crippen molar-refractivity contribution in [2.24, 2.45) is 5.73 Å². The predicted molar refractivity (Wildman–Crippen MR) is 88.0 cm³/mol. The molecule has 0 spiro atoms. The molecule has 3 fully saturated rings. The van der Waals surface area contributed by atoms with Gasteiger partial charge in [-0.15, -0.1) is 11.3 Å². The Morgan fingerprint density at radius 2 is 1.90 bits per heavy atom. The average molecular weight is 306 g/mol. The van der Waals surface area contributed by atoms with Crippen LogP contribution in [0.3, 0.4) is 0 Å². The van der Waals surface area contributed by atoms with Crippen LogP contribution in [-0.2, 0) is 6.54 Å². The van der Waals surface area contributed by atoms with Crippen LogP contribution in [0.4, 0.5) is 5.13 Å². The molecule has 2 aliphatic heterocycles. The first-order chi connectivity index (χ1) is 10.3. The van der Waals surface area contributed by atoms with Gasteiger partial charge in [0.1, 0.15) is 0 Å². The molecule has 0 aromatic carbocycles. The Balaban J connectivity index is 1.45. The summed E-state index contributed by atoms with van der Waals surface area (Å²) < 4.78 is 0. The third-order valence-electron chi connectivity index (χ3n) is 5.21. The number of likely N-dealkylation sites (tertiary alicyclic amines) is 1. The van der Waals surface area contributed by atoms with Gasteiger partial charge in [-0.2, -0.15) is 0 Å². The van der Waals surface area contributed by atoms with Crippen LogP contribution in [-0.4, -0.2) is 42.1 Å². The molecule has 4 rings (SSSR count). The van der Waals surface area contributed by atoms with E-state index in [0.717, 1.165) is 6.04 Å². The minimum atomic E-state index is 0.660. The summed E-state index contributed by atoms with van der Waals surface area (Å²) in [4.78, 5) is 11.5. The first-order valence-corrected chi connectivity index (χ1v) is 9.35. The Kier molecular flexibility index (Phi) is 3.90. The molecule has 1 aliphatic carbocycles. The van der Waals surface area contributed by atoms with E-state index < -0.39 is 0 Å². The molecule has 1 aromatic rings. The van der Waals surface area contributed by atoms with E-state index in [1.54, 1.807) is 0 Å². The monoisotopic (exact) mass is 306 g/mol. The zero-order valence-electron chi connectivity index (χ0n) is 12.8. The van der Waals surface area contributed by atoms with Gasteiger partial charge >= 0.3 is 0 Å². The predicted octanol–water partition coefficient (Wildman–Crippen LogP) is 2.54. The lowest BCUT2D eigenvalue weighted by Crippen LogP contribution is -2.40. The van der Waals surface area contributed by atoms with Gasteiger partial charge in [0.15, 0.2) is 5.13 Å². The van der Waals surface area contributed by atoms with E-state index in [1.807, 2.05) is 11.3 Å². The fraction of sp³-hybridized carbons (Fsp3) is 0.812. The van der Waals surface area contributed by atoms with Gasteiger partial charge < -0.3 is 10.6 Å². The summed E-state index contributed by atoms with van der Waals surface area (Å²) in [5.41, 5.74) is 7.23. The zero-order chi connectivity index (χ0) is 14.2. The van der Waals surface area contributed by atoms with Crippen molar-refractivity contribution in [2.45, 2.75) is 57.0 Å². The number of piperidine rings is 1. The molecule has 1 aromatic heterocycles. The SMILES string of the molecule is NCc1sc(N2CCC(N3CCCCC3)C2)nc1C1CC1. The van der Waals surface area contributed by atoms with Crippen LogP contribution in [0.1, 0.15) is 55.0 Å². The maximum Gasteiger partial charge on any atom is 0.185 e. The molecule has 116 valence electrons. The summed E-state index contributed by atoms with van der Waals surface area (Å²) in [7, 11) is 0. The highest BCUT2D eigenvalue weighted by molar-refractivity contribution is 7.15. The van der Waals surface area contributed by atoms with E-state index in [-0.39, 0.29) is 0 Å². The quantitative estimate of drug-likeness (QED) is 0.928. The van der Waals surface area contributed by atoms with Gasteiger partial charge in [0.05, 0.1) is 5.69 Å². The zero-order valence-corrected chi connectivity index (χ0v) is 13.6. The molecule has 2 saturated heterocycles. The second-order valence-corrected chi connectivity index (χ2v) is 7.83. The summed E-state index contributed by atoms with van der Waals surface area (Å²) in [6.45, 7) is 5.60. The third kappa shape index (κ3) is 2.83. The Bertz CT molecular complexity index is 490. The fourth-order valence-electron chi connectivity index (χ4n) is 3.81. The second kappa shape index (κ2) is 5.86. The van der Waals surface area contributed by atoms with Gasteiger partial charge in [0, 0.05) is 36.5 Å². The van der Waals surface area contributed by atoms with Crippen molar-refractivity contribution in [3.05, 3.63) is 10.6 Å². The minimum absolute atomic E-state index is 0.660. The van der Waals surface area contributed by atoms with Crippen LogP contribution < -0.4 is 10.6 Å². The summed E-state index contributed by atoms with van der Waals surface area (Å²) in [5.74, 6) is 0.717. The van der Waals surface area contributed by atoms with Crippen molar-refractivity contribution < 1.29 is 0 Å². The van der Waals surface area contributed by atoms with Crippen molar-refractivity contribution in [2.75, 3.05) is 31.1 Å². The lowest BCUT2D eigenvalue weighted by Gasteiger charge is -2.32. The summed E-state index contributed by atoms with van der Waals surface area (Å²) in [6, 6.07) is 0.750. The molecule has 1 atom stereocenters. The maximum absolute atomic E-state index is 5.92. The molecule has 1 unspecified atom stereocenters. The highest BCUT2D eigenvalue weighted by atomic mass is 32.1. The third-order valence-corrected chi connectivity index (χ3v) is 6.36. The lowest BCUT2D eigenvalue weighted by atomic mass is 10.1. The largest absolute Gasteiger partial charge is 0.346 e. The number of hydrogen-bond donors (Lipinski definition) is 1. The average Bonchev–Trinajstić information content (AvgIpc) is 3.11. The van der Waals surface area contributed by atoms with Crippen molar-refractivity contribution >= 4 is 16.5 Å². The first-order valence-electron chi connectivity index (χ1n) is 8.54. The fourth-order valence-corrected chi connectivity index (χ4v) is 4.86. The Morgan fingerprint density at radius 1 is 1.10 bits per heavy atom. The van der Waals surface area contributed by atoms with E-state index in [2.05, 4.69) is 9.80 Å². The number of anilines is 1. The van der Waals surface area contributed by atoms with Crippen LogP contribution in [0.25, 0.3) is 0 Å². The maximum atomic E-state index is 5.92. The highest BCUT2D eigenvalue weighted by Crippen LogP contribution is 2.44. The molecule has 4 nitrogen and oxygen atoms in total. The molecule has 0 bridgehead atoms. The first kappa shape index (κ1) is 14.0. The Hall–Kier alpha value is -0.650. The van der Waals surface area contributed by atoms with E-state index in [0.29, 0.717) is 12.5 Å². The molecular formula is C16H26N4S. The van der Waals surface area contributed by atoms with Crippen molar-refractivity contribution in [3.63, 3.8) is 0 Å². The Labute approximate surface area is 131 Å². The summed E-state index contributed by atoms with van der Waals surface area (Å²) >= 11 is 1.85. The highest BCUT2D eigenvalue weighted by Gasteiger charge is 2.33. The number of rotatable bonds is 4. The van der Waals surface area contributed by atoms with Crippen LogP contribution in [0.5, 0.6) is 0 Å². The number of thiazole rings is 1. The molecule has 3 heterocycles. The molecule has 5 heteroatoms. The molecule has 0 radical (unpaired) electrons. The molecule has 0 amide bonds. The van der Waals surface area contributed by atoms with Gasteiger partial charge in [-0.3, -0.25) is 4.90 Å². The van der Waals surface area contributed by atoms with Gasteiger partial charge in [-0.05, 0) is 45.2 Å². The molecule has 3 aliphatic rings. The molecular weight excluding hydrogens is 280 g/mol. The van der Waals surface area contributed by atoms with Crippen molar-refractivity contribution in [1.82, 2.24) is 9.88 Å². The molecule has 2 N–H and O–H groups in total. The van der Waals surface area contributed by atoms with E-state index in [4.69, 9.17) is 10.7 Å². The molecule has 21 heavy (non-hydrogen) atoms.